The van der Waals surface area contributed by atoms with Crippen LogP contribution >= 0.6 is 23.2 Å². The number of hydrogen-bond acceptors (Lipinski definition) is 4. The van der Waals surface area contributed by atoms with Crippen molar-refractivity contribution in [2.24, 2.45) is 0 Å². The second kappa shape index (κ2) is 7.75. The molecule has 5 nitrogen and oxygen atoms in total. The molecule has 1 N–H and O–H groups in total. The quantitative estimate of drug-likeness (QED) is 0.821. The highest BCUT2D eigenvalue weighted by atomic mass is 35.5. The maximum atomic E-state index is 12.6. The number of benzene rings is 1. The molecule has 1 aliphatic rings. The van der Waals surface area contributed by atoms with Crippen molar-refractivity contribution in [3.05, 3.63) is 45.5 Å². The Balaban J connectivity index is 1.69. The van der Waals surface area contributed by atoms with Crippen molar-refractivity contribution in [2.45, 2.75) is 57.4 Å². The largest absolute Gasteiger partial charge is 0.343 e. The number of halogens is 2. The predicted octanol–water partition coefficient (Wildman–Crippen LogP) is 4.59. The summed E-state index contributed by atoms with van der Waals surface area (Å²) in [7, 11) is 0. The minimum atomic E-state index is -0.523. The molecular formula is C18H21Cl2N3O2. The molecule has 7 heteroatoms. The van der Waals surface area contributed by atoms with Gasteiger partial charge in [-0.1, -0.05) is 59.8 Å². The average molecular weight is 382 g/mol. The molecule has 1 amide bonds. The first-order valence-electron chi connectivity index (χ1n) is 8.55. The van der Waals surface area contributed by atoms with Gasteiger partial charge >= 0.3 is 0 Å². The van der Waals surface area contributed by atoms with Crippen LogP contribution in [0.3, 0.4) is 0 Å². The van der Waals surface area contributed by atoms with Crippen LogP contribution in [0.2, 0.25) is 10.0 Å². The molecule has 1 aliphatic carbocycles. The molecule has 0 bridgehead atoms. The van der Waals surface area contributed by atoms with Crippen LogP contribution in [0.5, 0.6) is 0 Å². The van der Waals surface area contributed by atoms with E-state index in [1.54, 1.807) is 13.0 Å². The summed E-state index contributed by atoms with van der Waals surface area (Å²) < 4.78 is 5.14. The predicted molar refractivity (Wildman–Crippen MR) is 96.7 cm³/mol. The first kappa shape index (κ1) is 18.2. The van der Waals surface area contributed by atoms with Gasteiger partial charge in [0.2, 0.25) is 11.8 Å². The summed E-state index contributed by atoms with van der Waals surface area (Å²) in [5.41, 5.74) is 0.350. The number of aryl methyl sites for hydroxylation is 2. The van der Waals surface area contributed by atoms with Crippen molar-refractivity contribution in [3.63, 3.8) is 0 Å². The van der Waals surface area contributed by atoms with Crippen LogP contribution in [0, 0.1) is 6.92 Å². The molecule has 0 atom stereocenters. The Bertz CT molecular complexity index is 755. The van der Waals surface area contributed by atoms with Crippen molar-refractivity contribution in [1.29, 1.82) is 0 Å². The monoisotopic (exact) mass is 381 g/mol. The Morgan fingerprint density at radius 1 is 1.28 bits per heavy atom. The fraction of sp³-hybridized carbons (Fsp3) is 0.500. The highest BCUT2D eigenvalue weighted by Gasteiger charge is 2.39. The van der Waals surface area contributed by atoms with Gasteiger partial charge in [0.25, 0.3) is 0 Å². The van der Waals surface area contributed by atoms with Gasteiger partial charge < -0.3 is 9.84 Å². The van der Waals surface area contributed by atoms with Gasteiger partial charge in [-0.15, -0.1) is 0 Å². The van der Waals surface area contributed by atoms with E-state index in [9.17, 15) is 4.79 Å². The van der Waals surface area contributed by atoms with Crippen LogP contribution in [-0.4, -0.2) is 16.0 Å². The van der Waals surface area contributed by atoms with Crippen LogP contribution in [0.25, 0.3) is 0 Å². The molecule has 3 rings (SSSR count). The van der Waals surface area contributed by atoms with Gasteiger partial charge in [0.15, 0.2) is 5.82 Å². The van der Waals surface area contributed by atoms with E-state index in [1.165, 1.54) is 0 Å². The zero-order valence-corrected chi connectivity index (χ0v) is 15.7. The number of rotatable bonds is 5. The number of carbonyl (C=O) groups is 1. The number of carbonyl (C=O) groups excluding carboxylic acids is 1. The smallest absolute Gasteiger partial charge is 0.223 e. The normalized spacial score (nSPS) is 16.6. The van der Waals surface area contributed by atoms with Gasteiger partial charge in [0.1, 0.15) is 5.54 Å². The highest BCUT2D eigenvalue weighted by Crippen LogP contribution is 2.36. The van der Waals surface area contributed by atoms with Crippen LogP contribution in [0.15, 0.2) is 22.7 Å². The molecule has 1 saturated carbocycles. The summed E-state index contributed by atoms with van der Waals surface area (Å²) in [5, 5.41) is 8.25. The average Bonchev–Trinajstić information content (AvgIpc) is 3.04. The van der Waals surface area contributed by atoms with E-state index in [0.29, 0.717) is 34.6 Å². The standard InChI is InChI=1S/C18H21Cl2N3O2/c1-12-21-17(23-25-12)18(10-3-2-4-11-18)22-15(24)9-8-13-6-5-7-14(19)16(13)20/h5-7H,2-4,8-11H2,1H3,(H,22,24). The Hall–Kier alpha value is -1.59. The molecule has 0 unspecified atom stereocenters. The number of amides is 1. The molecule has 0 radical (unpaired) electrons. The van der Waals surface area contributed by atoms with Crippen LogP contribution in [0.1, 0.15) is 55.8 Å². The van der Waals surface area contributed by atoms with E-state index >= 15 is 0 Å². The molecule has 1 fully saturated rings. The maximum Gasteiger partial charge on any atom is 0.223 e. The summed E-state index contributed by atoms with van der Waals surface area (Å²) in [5.74, 6) is 1.05. The third kappa shape index (κ3) is 4.15. The van der Waals surface area contributed by atoms with Crippen molar-refractivity contribution in [1.82, 2.24) is 15.5 Å². The summed E-state index contributed by atoms with van der Waals surface area (Å²) >= 11 is 12.2. The lowest BCUT2D eigenvalue weighted by Gasteiger charge is -2.35. The topological polar surface area (TPSA) is 68.0 Å². The molecule has 0 aliphatic heterocycles. The second-order valence-electron chi connectivity index (χ2n) is 6.54. The maximum absolute atomic E-state index is 12.6. The third-order valence-corrected chi connectivity index (χ3v) is 5.55. The second-order valence-corrected chi connectivity index (χ2v) is 7.33. The van der Waals surface area contributed by atoms with Crippen molar-refractivity contribution in [2.75, 3.05) is 0 Å². The third-order valence-electron chi connectivity index (χ3n) is 4.69. The zero-order chi connectivity index (χ0) is 17.9. The Morgan fingerprint density at radius 3 is 2.72 bits per heavy atom. The SMILES string of the molecule is Cc1nc(C2(NC(=O)CCc3cccc(Cl)c3Cl)CCCCC2)no1. The van der Waals surface area contributed by atoms with Gasteiger partial charge in [-0.25, -0.2) is 0 Å². The minimum absolute atomic E-state index is 0.0413. The molecule has 1 aromatic heterocycles. The Morgan fingerprint density at radius 2 is 2.04 bits per heavy atom. The summed E-state index contributed by atoms with van der Waals surface area (Å²) in [6.45, 7) is 1.76. The first-order chi connectivity index (χ1) is 12.0. The van der Waals surface area contributed by atoms with Crippen LogP contribution < -0.4 is 5.32 Å². The molecular weight excluding hydrogens is 361 g/mol. The van der Waals surface area contributed by atoms with Gasteiger partial charge in [-0.05, 0) is 30.9 Å². The summed E-state index contributed by atoms with van der Waals surface area (Å²) in [6, 6.07) is 5.47. The van der Waals surface area contributed by atoms with E-state index in [0.717, 1.165) is 37.7 Å². The van der Waals surface area contributed by atoms with Gasteiger partial charge in [0.05, 0.1) is 10.0 Å². The fourth-order valence-electron chi connectivity index (χ4n) is 3.37. The van der Waals surface area contributed by atoms with Crippen LogP contribution in [-0.2, 0) is 16.8 Å². The van der Waals surface area contributed by atoms with Crippen molar-refractivity contribution < 1.29 is 9.32 Å². The summed E-state index contributed by atoms with van der Waals surface area (Å²) in [6.07, 6.45) is 5.76. The summed E-state index contributed by atoms with van der Waals surface area (Å²) in [4.78, 5) is 17.0. The van der Waals surface area contributed by atoms with Crippen molar-refractivity contribution >= 4 is 29.1 Å². The number of nitrogens with zero attached hydrogens (tertiary/aromatic N) is 2. The Labute approximate surface area is 157 Å². The van der Waals surface area contributed by atoms with Crippen molar-refractivity contribution in [3.8, 4) is 0 Å². The molecule has 1 aromatic carbocycles. The highest BCUT2D eigenvalue weighted by molar-refractivity contribution is 6.42. The van der Waals surface area contributed by atoms with Crippen LogP contribution in [0.4, 0.5) is 0 Å². The lowest BCUT2D eigenvalue weighted by Crippen LogP contribution is -2.48. The van der Waals surface area contributed by atoms with Gasteiger partial charge in [-0.2, -0.15) is 4.98 Å². The van der Waals surface area contributed by atoms with E-state index in [2.05, 4.69) is 15.5 Å². The minimum Gasteiger partial charge on any atom is -0.343 e. The van der Waals surface area contributed by atoms with E-state index in [4.69, 9.17) is 27.7 Å². The zero-order valence-electron chi connectivity index (χ0n) is 14.1. The fourth-order valence-corrected chi connectivity index (χ4v) is 3.79. The molecule has 0 saturated heterocycles. The van der Waals surface area contributed by atoms with Gasteiger partial charge in [-0.3, -0.25) is 4.79 Å². The van der Waals surface area contributed by atoms with Gasteiger partial charge in [0, 0.05) is 13.3 Å². The molecule has 1 heterocycles. The Kier molecular flexibility index (Phi) is 5.64. The van der Waals surface area contributed by atoms with E-state index < -0.39 is 5.54 Å². The molecule has 2 aromatic rings. The number of aromatic nitrogens is 2. The van der Waals surface area contributed by atoms with E-state index in [-0.39, 0.29) is 5.91 Å². The molecule has 25 heavy (non-hydrogen) atoms. The van der Waals surface area contributed by atoms with E-state index in [1.807, 2.05) is 12.1 Å². The number of nitrogens with one attached hydrogen (secondary N) is 1. The number of hydrogen-bond donors (Lipinski definition) is 1. The molecule has 0 spiro atoms. The first-order valence-corrected chi connectivity index (χ1v) is 9.30. The lowest BCUT2D eigenvalue weighted by molar-refractivity contribution is -0.123. The molecule has 134 valence electrons. The lowest BCUT2D eigenvalue weighted by atomic mass is 9.81.